The van der Waals surface area contributed by atoms with Gasteiger partial charge in [-0.25, -0.2) is 0 Å². The van der Waals surface area contributed by atoms with E-state index >= 15 is 0 Å². The molecule has 1 unspecified atom stereocenters. The highest BCUT2D eigenvalue weighted by molar-refractivity contribution is 6.11. The number of benzene rings is 4. The fourth-order valence-electron chi connectivity index (χ4n) is 5.74. The van der Waals surface area contributed by atoms with Gasteiger partial charge in [0.15, 0.2) is 11.5 Å². The van der Waals surface area contributed by atoms with E-state index in [0.717, 1.165) is 34.5 Å². The minimum atomic E-state index is -0.966. The van der Waals surface area contributed by atoms with Crippen LogP contribution in [0.4, 0.5) is 11.4 Å². The molecule has 3 aliphatic rings. The van der Waals surface area contributed by atoms with Crippen molar-refractivity contribution in [3.05, 3.63) is 113 Å². The summed E-state index contributed by atoms with van der Waals surface area (Å²) in [7, 11) is 0. The standard InChI is InChI=1S/C32H26N2O5/c1-2-20-10-12-23(13-11-20)33-30(35)22-7-5-6-21(14-22)17-34-26-9-4-3-8-24(26)32(31(34)36)18-37-27-16-29-28(15-25(27)32)38-19-39-29/h3-16H,2,17-19H2,1H3,(H,33,35). The van der Waals surface area contributed by atoms with E-state index in [0.29, 0.717) is 29.4 Å². The number of aryl methyl sites for hydroxylation is 1. The minimum absolute atomic E-state index is 0.0628. The lowest BCUT2D eigenvalue weighted by Gasteiger charge is -2.23. The summed E-state index contributed by atoms with van der Waals surface area (Å²) in [4.78, 5) is 29.1. The van der Waals surface area contributed by atoms with Crippen LogP contribution in [0.2, 0.25) is 0 Å². The van der Waals surface area contributed by atoms with E-state index < -0.39 is 5.41 Å². The highest BCUT2D eigenvalue weighted by Crippen LogP contribution is 2.55. The van der Waals surface area contributed by atoms with Crippen LogP contribution < -0.4 is 24.4 Å². The van der Waals surface area contributed by atoms with Gasteiger partial charge in [-0.3, -0.25) is 9.59 Å². The van der Waals surface area contributed by atoms with E-state index in [1.165, 1.54) is 5.56 Å². The van der Waals surface area contributed by atoms with Gasteiger partial charge in [0.1, 0.15) is 17.8 Å². The predicted molar refractivity (Wildman–Crippen MR) is 147 cm³/mol. The van der Waals surface area contributed by atoms with Gasteiger partial charge in [0.2, 0.25) is 12.7 Å². The van der Waals surface area contributed by atoms with Crippen molar-refractivity contribution in [2.75, 3.05) is 23.6 Å². The third-order valence-corrected chi connectivity index (χ3v) is 7.79. The molecule has 7 rings (SSSR count). The van der Waals surface area contributed by atoms with Crippen LogP contribution in [0.1, 0.15) is 39.5 Å². The van der Waals surface area contributed by atoms with Crippen molar-refractivity contribution in [3.63, 3.8) is 0 Å². The Morgan fingerprint density at radius 2 is 1.64 bits per heavy atom. The molecule has 0 saturated heterocycles. The molecular weight excluding hydrogens is 492 g/mol. The Bertz CT molecular complexity index is 1630. The molecule has 4 aromatic rings. The maximum Gasteiger partial charge on any atom is 0.255 e. The lowest BCUT2D eigenvalue weighted by molar-refractivity contribution is -0.122. The Balaban J connectivity index is 1.19. The molecule has 7 heteroatoms. The molecule has 7 nitrogen and oxygen atoms in total. The number of carbonyl (C=O) groups excluding carboxylic acids is 2. The molecule has 0 saturated carbocycles. The number of para-hydroxylation sites is 1. The van der Waals surface area contributed by atoms with Crippen molar-refractivity contribution in [2.24, 2.45) is 0 Å². The van der Waals surface area contributed by atoms with Crippen LogP contribution in [-0.2, 0) is 23.2 Å². The van der Waals surface area contributed by atoms with E-state index in [-0.39, 0.29) is 25.2 Å². The first kappa shape index (κ1) is 23.3. The molecule has 0 aromatic heterocycles. The fraction of sp³-hybridized carbons (Fsp3) is 0.188. The van der Waals surface area contributed by atoms with Crippen LogP contribution in [0, 0.1) is 0 Å². The van der Waals surface area contributed by atoms with E-state index in [9.17, 15) is 9.59 Å². The smallest absolute Gasteiger partial charge is 0.255 e. The van der Waals surface area contributed by atoms with E-state index in [2.05, 4.69) is 12.2 Å². The summed E-state index contributed by atoms with van der Waals surface area (Å²) in [5.74, 6) is 1.62. The molecule has 1 spiro atoms. The molecule has 194 valence electrons. The maximum atomic E-state index is 14.3. The third-order valence-electron chi connectivity index (χ3n) is 7.79. The Kier molecular flexibility index (Phi) is 5.33. The van der Waals surface area contributed by atoms with Crippen molar-refractivity contribution in [1.82, 2.24) is 0 Å². The molecule has 0 aliphatic carbocycles. The number of carbonyl (C=O) groups is 2. The first-order valence-corrected chi connectivity index (χ1v) is 13.0. The second-order valence-corrected chi connectivity index (χ2v) is 10.0. The second-order valence-electron chi connectivity index (χ2n) is 10.0. The van der Waals surface area contributed by atoms with Crippen molar-refractivity contribution >= 4 is 23.2 Å². The van der Waals surface area contributed by atoms with Crippen molar-refractivity contribution in [3.8, 4) is 17.2 Å². The number of nitrogens with zero attached hydrogens (tertiary/aromatic N) is 1. The molecule has 3 aliphatic heterocycles. The average Bonchev–Trinajstić information content (AvgIpc) is 3.65. The number of hydrogen-bond donors (Lipinski definition) is 1. The first-order chi connectivity index (χ1) is 19.1. The van der Waals surface area contributed by atoms with Crippen LogP contribution >= 0.6 is 0 Å². The molecule has 0 fully saturated rings. The van der Waals surface area contributed by atoms with Crippen molar-refractivity contribution < 1.29 is 23.8 Å². The van der Waals surface area contributed by atoms with E-state index in [4.69, 9.17) is 14.2 Å². The van der Waals surface area contributed by atoms with Crippen LogP contribution in [-0.4, -0.2) is 25.2 Å². The number of hydrogen-bond acceptors (Lipinski definition) is 5. The van der Waals surface area contributed by atoms with Crippen LogP contribution in [0.15, 0.2) is 84.9 Å². The van der Waals surface area contributed by atoms with E-state index in [1.54, 1.807) is 11.0 Å². The first-order valence-electron chi connectivity index (χ1n) is 13.0. The summed E-state index contributed by atoms with van der Waals surface area (Å²) in [6.45, 7) is 2.77. The van der Waals surface area contributed by atoms with Gasteiger partial charge in [0.05, 0.1) is 6.54 Å². The molecule has 0 bridgehead atoms. The summed E-state index contributed by atoms with van der Waals surface area (Å²) >= 11 is 0. The van der Waals surface area contributed by atoms with Crippen LogP contribution in [0.3, 0.4) is 0 Å². The molecule has 1 N–H and O–H groups in total. The number of amides is 2. The lowest BCUT2D eigenvalue weighted by atomic mass is 9.77. The molecule has 4 aromatic carbocycles. The molecule has 2 amide bonds. The van der Waals surface area contributed by atoms with Gasteiger partial charge in [-0.2, -0.15) is 0 Å². The van der Waals surface area contributed by atoms with Gasteiger partial charge in [-0.15, -0.1) is 0 Å². The molecule has 3 heterocycles. The largest absolute Gasteiger partial charge is 0.491 e. The number of anilines is 2. The summed E-state index contributed by atoms with van der Waals surface area (Å²) in [5, 5.41) is 2.97. The van der Waals surface area contributed by atoms with Crippen molar-refractivity contribution in [1.29, 1.82) is 0 Å². The predicted octanol–water partition coefficient (Wildman–Crippen LogP) is 5.46. The van der Waals surface area contributed by atoms with Gasteiger partial charge in [0.25, 0.3) is 5.91 Å². The van der Waals surface area contributed by atoms with E-state index in [1.807, 2.05) is 78.9 Å². The zero-order chi connectivity index (χ0) is 26.6. The highest BCUT2D eigenvalue weighted by atomic mass is 16.7. The lowest BCUT2D eigenvalue weighted by Crippen LogP contribution is -2.42. The monoisotopic (exact) mass is 518 g/mol. The minimum Gasteiger partial charge on any atom is -0.491 e. The molecule has 1 atom stereocenters. The normalized spacial score (nSPS) is 18.2. The van der Waals surface area contributed by atoms with Crippen LogP contribution in [0.5, 0.6) is 17.2 Å². The number of fused-ring (bicyclic) bond motifs is 5. The van der Waals surface area contributed by atoms with Crippen molar-refractivity contribution in [2.45, 2.75) is 25.3 Å². The third kappa shape index (κ3) is 3.65. The van der Waals surface area contributed by atoms with Crippen LogP contribution in [0.25, 0.3) is 0 Å². The van der Waals surface area contributed by atoms with Gasteiger partial charge < -0.3 is 24.4 Å². The van der Waals surface area contributed by atoms with Gasteiger partial charge >= 0.3 is 0 Å². The topological polar surface area (TPSA) is 77.1 Å². The van der Waals surface area contributed by atoms with Gasteiger partial charge in [-0.1, -0.05) is 49.4 Å². The highest BCUT2D eigenvalue weighted by Gasteiger charge is 2.57. The Morgan fingerprint density at radius 1 is 0.846 bits per heavy atom. The summed E-state index contributed by atoms with van der Waals surface area (Å²) in [6, 6.07) is 26.8. The molecular formula is C32H26N2O5. The van der Waals surface area contributed by atoms with Gasteiger partial charge in [0, 0.05) is 28.6 Å². The van der Waals surface area contributed by atoms with Gasteiger partial charge in [-0.05, 0) is 59.5 Å². The second kappa shape index (κ2) is 8.91. The molecule has 39 heavy (non-hydrogen) atoms. The quantitative estimate of drug-likeness (QED) is 0.380. The zero-order valence-corrected chi connectivity index (χ0v) is 21.4. The average molecular weight is 519 g/mol. The molecule has 0 radical (unpaired) electrons. The SMILES string of the molecule is CCc1ccc(NC(=O)c2cccc(CN3C(=O)C4(COc5cc6c(cc54)OCO6)c4ccccc43)c2)cc1. The maximum absolute atomic E-state index is 14.3. The summed E-state index contributed by atoms with van der Waals surface area (Å²) in [6.07, 6.45) is 0.942. The Hall–Kier alpha value is -4.78. The summed E-state index contributed by atoms with van der Waals surface area (Å²) < 4.78 is 17.2. The Morgan fingerprint density at radius 3 is 2.46 bits per heavy atom. The number of rotatable bonds is 5. The zero-order valence-electron chi connectivity index (χ0n) is 21.4. The number of ether oxygens (including phenoxy) is 3. The fourth-order valence-corrected chi connectivity index (χ4v) is 5.74. The summed E-state index contributed by atoms with van der Waals surface area (Å²) in [5.41, 5.74) is 4.90. The Labute approximate surface area is 225 Å². The number of nitrogens with one attached hydrogen (secondary N) is 1.